The molecule has 0 saturated carbocycles. The van der Waals surface area contributed by atoms with E-state index in [1.165, 1.54) is 0 Å². The molecule has 2 aromatic rings. The first-order chi connectivity index (χ1) is 13.1. The van der Waals surface area contributed by atoms with E-state index in [2.05, 4.69) is 5.32 Å². The Kier molecular flexibility index (Phi) is 6.19. The number of likely N-dealkylation sites (N-methyl/N-ethyl adjacent to an activating group) is 1. The molecule has 0 spiro atoms. The highest BCUT2D eigenvalue weighted by Gasteiger charge is 2.42. The van der Waals surface area contributed by atoms with Crippen molar-refractivity contribution in [1.29, 1.82) is 0 Å². The van der Waals surface area contributed by atoms with Crippen LogP contribution in [0.5, 0.6) is 5.75 Å². The van der Waals surface area contributed by atoms with E-state index < -0.39 is 5.41 Å². The van der Waals surface area contributed by atoms with Gasteiger partial charge in [-0.05, 0) is 56.8 Å². The molecular formula is C21H28N2O4. The Bertz CT molecular complexity index is 719. The number of rotatable bonds is 7. The van der Waals surface area contributed by atoms with Gasteiger partial charge in [0.2, 0.25) is 5.91 Å². The molecule has 1 fully saturated rings. The summed E-state index contributed by atoms with van der Waals surface area (Å²) in [6, 6.07) is 11.6. The van der Waals surface area contributed by atoms with Crippen LogP contribution < -0.4 is 10.1 Å². The molecule has 146 valence electrons. The fourth-order valence-electron chi connectivity index (χ4n) is 3.65. The van der Waals surface area contributed by atoms with Gasteiger partial charge < -0.3 is 19.2 Å². The topological polar surface area (TPSA) is 63.9 Å². The van der Waals surface area contributed by atoms with Crippen LogP contribution in [0.1, 0.15) is 30.2 Å². The second kappa shape index (κ2) is 8.59. The molecule has 1 aliphatic rings. The van der Waals surface area contributed by atoms with Gasteiger partial charge in [-0.15, -0.1) is 0 Å². The first-order valence-corrected chi connectivity index (χ1v) is 9.27. The van der Waals surface area contributed by atoms with E-state index in [0.29, 0.717) is 32.6 Å². The van der Waals surface area contributed by atoms with Crippen molar-refractivity contribution in [2.45, 2.75) is 24.3 Å². The molecule has 6 nitrogen and oxygen atoms in total. The van der Waals surface area contributed by atoms with E-state index in [0.717, 1.165) is 17.1 Å². The Morgan fingerprint density at radius 3 is 2.48 bits per heavy atom. The van der Waals surface area contributed by atoms with Gasteiger partial charge in [-0.2, -0.15) is 0 Å². The van der Waals surface area contributed by atoms with Gasteiger partial charge in [0.25, 0.3) is 0 Å². The zero-order valence-electron chi connectivity index (χ0n) is 16.2. The maximum Gasteiger partial charge on any atom is 0.230 e. The Morgan fingerprint density at radius 2 is 1.93 bits per heavy atom. The second-order valence-corrected chi connectivity index (χ2v) is 7.13. The molecule has 6 heteroatoms. The van der Waals surface area contributed by atoms with Gasteiger partial charge in [-0.3, -0.25) is 9.69 Å². The summed E-state index contributed by atoms with van der Waals surface area (Å²) in [5, 5.41) is 3.16. The number of ether oxygens (including phenoxy) is 2. The molecule has 1 unspecified atom stereocenters. The van der Waals surface area contributed by atoms with Gasteiger partial charge in [-0.1, -0.05) is 12.1 Å². The number of carbonyl (C=O) groups is 1. The number of benzene rings is 1. The van der Waals surface area contributed by atoms with Gasteiger partial charge in [0, 0.05) is 19.8 Å². The number of nitrogens with zero attached hydrogens (tertiary/aromatic N) is 1. The summed E-state index contributed by atoms with van der Waals surface area (Å²) in [5.41, 5.74) is 0.424. The van der Waals surface area contributed by atoms with Crippen molar-refractivity contribution in [2.24, 2.45) is 0 Å². The van der Waals surface area contributed by atoms with Gasteiger partial charge in [-0.25, -0.2) is 0 Å². The van der Waals surface area contributed by atoms with Crippen molar-refractivity contribution < 1.29 is 18.7 Å². The van der Waals surface area contributed by atoms with Crippen molar-refractivity contribution in [3.05, 3.63) is 54.0 Å². The minimum Gasteiger partial charge on any atom is -0.497 e. The average Bonchev–Trinajstić information content (AvgIpc) is 3.22. The molecule has 3 rings (SSSR count). The Labute approximate surface area is 160 Å². The Morgan fingerprint density at radius 1 is 1.22 bits per heavy atom. The summed E-state index contributed by atoms with van der Waals surface area (Å²) < 4.78 is 16.3. The monoisotopic (exact) mass is 372 g/mol. The lowest BCUT2D eigenvalue weighted by molar-refractivity contribution is -0.130. The number of furan rings is 1. The zero-order chi connectivity index (χ0) is 19.3. The lowest BCUT2D eigenvalue weighted by atomic mass is 9.73. The molecule has 1 N–H and O–H groups in total. The highest BCUT2D eigenvalue weighted by atomic mass is 16.5. The predicted molar refractivity (Wildman–Crippen MR) is 103 cm³/mol. The van der Waals surface area contributed by atoms with Gasteiger partial charge in [0.05, 0.1) is 24.8 Å². The van der Waals surface area contributed by atoms with Crippen LogP contribution in [0, 0.1) is 0 Å². The third kappa shape index (κ3) is 4.17. The summed E-state index contributed by atoms with van der Waals surface area (Å²) in [6.45, 7) is 1.64. The summed E-state index contributed by atoms with van der Waals surface area (Å²) in [7, 11) is 5.60. The highest BCUT2D eigenvalue weighted by Crippen LogP contribution is 2.36. The molecular weight excluding hydrogens is 344 g/mol. The smallest absolute Gasteiger partial charge is 0.230 e. The number of carbonyl (C=O) groups excluding carboxylic acids is 1. The lowest BCUT2D eigenvalue weighted by Crippen LogP contribution is -2.49. The maximum absolute atomic E-state index is 13.3. The van der Waals surface area contributed by atoms with Crippen LogP contribution >= 0.6 is 0 Å². The molecule has 2 heterocycles. The molecule has 1 atom stereocenters. The van der Waals surface area contributed by atoms with Gasteiger partial charge in [0.1, 0.15) is 11.5 Å². The van der Waals surface area contributed by atoms with Crippen LogP contribution in [0.2, 0.25) is 0 Å². The van der Waals surface area contributed by atoms with Crippen molar-refractivity contribution in [2.75, 3.05) is 41.0 Å². The van der Waals surface area contributed by atoms with Crippen LogP contribution in [0.3, 0.4) is 0 Å². The van der Waals surface area contributed by atoms with E-state index in [-0.39, 0.29) is 11.9 Å². The Hall–Kier alpha value is -2.31. The van der Waals surface area contributed by atoms with Crippen LogP contribution in [-0.2, 0) is 14.9 Å². The minimum atomic E-state index is -0.579. The van der Waals surface area contributed by atoms with Crippen LogP contribution in [0.4, 0.5) is 0 Å². The third-order valence-corrected chi connectivity index (χ3v) is 5.37. The SMILES string of the molecule is COc1ccc(C2(C(=O)NCC(c3ccco3)N(C)C)CCOCC2)cc1. The minimum absolute atomic E-state index is 0.0169. The second-order valence-electron chi connectivity index (χ2n) is 7.13. The number of amides is 1. The van der Waals surface area contributed by atoms with Crippen LogP contribution in [-0.4, -0.2) is 51.8 Å². The van der Waals surface area contributed by atoms with Crippen molar-refractivity contribution in [3.8, 4) is 5.75 Å². The van der Waals surface area contributed by atoms with E-state index in [1.807, 2.05) is 55.4 Å². The van der Waals surface area contributed by atoms with Gasteiger partial charge in [0.15, 0.2) is 0 Å². The highest BCUT2D eigenvalue weighted by molar-refractivity contribution is 5.88. The summed E-state index contributed by atoms with van der Waals surface area (Å²) in [5.74, 6) is 1.66. The number of hydrogen-bond donors (Lipinski definition) is 1. The normalized spacial score (nSPS) is 17.5. The van der Waals surface area contributed by atoms with E-state index in [4.69, 9.17) is 13.9 Å². The first kappa shape index (κ1) is 19.5. The molecule has 0 aliphatic carbocycles. The number of hydrogen-bond acceptors (Lipinski definition) is 5. The summed E-state index contributed by atoms with van der Waals surface area (Å²) >= 11 is 0. The fraction of sp³-hybridized carbons (Fsp3) is 0.476. The van der Waals surface area contributed by atoms with E-state index in [9.17, 15) is 4.79 Å². The third-order valence-electron chi connectivity index (χ3n) is 5.37. The molecule has 1 saturated heterocycles. The van der Waals surface area contributed by atoms with Crippen LogP contribution in [0.15, 0.2) is 47.1 Å². The van der Waals surface area contributed by atoms with Crippen LogP contribution in [0.25, 0.3) is 0 Å². The molecule has 0 radical (unpaired) electrons. The predicted octanol–water partition coefficient (Wildman–Crippen LogP) is 2.76. The zero-order valence-corrected chi connectivity index (χ0v) is 16.2. The molecule has 27 heavy (non-hydrogen) atoms. The van der Waals surface area contributed by atoms with Crippen molar-refractivity contribution >= 4 is 5.91 Å². The van der Waals surface area contributed by atoms with E-state index in [1.54, 1.807) is 13.4 Å². The fourth-order valence-corrected chi connectivity index (χ4v) is 3.65. The summed E-state index contributed by atoms with van der Waals surface area (Å²) in [6.07, 6.45) is 2.99. The van der Waals surface area contributed by atoms with Gasteiger partial charge >= 0.3 is 0 Å². The first-order valence-electron chi connectivity index (χ1n) is 9.27. The molecule has 1 amide bonds. The number of methoxy groups -OCH3 is 1. The maximum atomic E-state index is 13.3. The molecule has 1 aromatic heterocycles. The number of nitrogens with one attached hydrogen (secondary N) is 1. The largest absolute Gasteiger partial charge is 0.497 e. The quantitative estimate of drug-likeness (QED) is 0.810. The molecule has 1 aromatic carbocycles. The lowest BCUT2D eigenvalue weighted by Gasteiger charge is -2.37. The van der Waals surface area contributed by atoms with Crippen molar-refractivity contribution in [1.82, 2.24) is 10.2 Å². The standard InChI is InChI=1S/C21H28N2O4/c1-23(2)18(19-5-4-12-27-19)15-22-20(24)21(10-13-26-14-11-21)16-6-8-17(25-3)9-7-16/h4-9,12,18H,10-11,13-15H2,1-3H3,(H,22,24). The van der Waals surface area contributed by atoms with Crippen molar-refractivity contribution in [3.63, 3.8) is 0 Å². The molecule has 1 aliphatic heterocycles. The molecule has 0 bridgehead atoms. The Balaban J connectivity index is 1.79. The van der Waals surface area contributed by atoms with E-state index >= 15 is 0 Å². The summed E-state index contributed by atoms with van der Waals surface area (Å²) in [4.78, 5) is 15.4. The average molecular weight is 372 g/mol.